The highest BCUT2D eigenvalue weighted by Crippen LogP contribution is 2.38. The van der Waals surface area contributed by atoms with Gasteiger partial charge in [-0.2, -0.15) is 0 Å². The van der Waals surface area contributed by atoms with Crippen LogP contribution in [-0.2, 0) is 11.3 Å². The van der Waals surface area contributed by atoms with Crippen LogP contribution < -0.4 is 11.4 Å². The third-order valence-corrected chi connectivity index (χ3v) is 6.43. The van der Waals surface area contributed by atoms with Crippen LogP contribution in [0.25, 0.3) is 33.2 Å². The molecule has 1 aliphatic rings. The van der Waals surface area contributed by atoms with Gasteiger partial charge < -0.3 is 14.9 Å². The summed E-state index contributed by atoms with van der Waals surface area (Å²) in [5.74, 6) is 0. The van der Waals surface area contributed by atoms with E-state index in [1.165, 1.54) is 11.1 Å². The fourth-order valence-electron chi connectivity index (χ4n) is 4.86. The number of nitrogens with two attached hydrogens (primary N) is 1. The summed E-state index contributed by atoms with van der Waals surface area (Å²) in [5, 5.41) is 0.943. The number of morpholine rings is 1. The van der Waals surface area contributed by atoms with E-state index in [0.717, 1.165) is 66.1 Å². The van der Waals surface area contributed by atoms with Gasteiger partial charge in [-0.15, -0.1) is 0 Å². The molecular weight excluding hydrogens is 412 g/mol. The zero-order valence-electron chi connectivity index (χ0n) is 19.1. The van der Waals surface area contributed by atoms with E-state index >= 15 is 0 Å². The van der Waals surface area contributed by atoms with E-state index in [1.54, 1.807) is 6.07 Å². The van der Waals surface area contributed by atoms with E-state index in [1.807, 2.05) is 30.3 Å². The summed E-state index contributed by atoms with van der Waals surface area (Å²) in [7, 11) is 0. The van der Waals surface area contributed by atoms with Crippen LogP contribution >= 0.6 is 0 Å². The van der Waals surface area contributed by atoms with Gasteiger partial charge in [0.05, 0.1) is 13.2 Å². The highest BCUT2D eigenvalue weighted by Gasteiger charge is 2.17. The van der Waals surface area contributed by atoms with Gasteiger partial charge in [-0.1, -0.05) is 36.4 Å². The van der Waals surface area contributed by atoms with E-state index in [4.69, 9.17) is 14.9 Å². The number of anilines is 1. The van der Waals surface area contributed by atoms with Crippen LogP contribution in [0, 0.1) is 13.8 Å². The average molecular weight is 441 g/mol. The van der Waals surface area contributed by atoms with Crippen LogP contribution in [0.5, 0.6) is 0 Å². The second-order valence-electron chi connectivity index (χ2n) is 8.76. The summed E-state index contributed by atoms with van der Waals surface area (Å²) in [6.45, 7) is 8.66. The molecule has 5 rings (SSSR count). The van der Waals surface area contributed by atoms with Crippen LogP contribution in [0.1, 0.15) is 16.7 Å². The number of fused-ring (bicyclic) bond motifs is 1. The van der Waals surface area contributed by atoms with Gasteiger partial charge in [0.15, 0.2) is 0 Å². The van der Waals surface area contributed by atoms with Crippen molar-refractivity contribution in [1.29, 1.82) is 0 Å². The van der Waals surface area contributed by atoms with E-state index in [-0.39, 0.29) is 5.63 Å². The third-order valence-electron chi connectivity index (χ3n) is 6.43. The van der Waals surface area contributed by atoms with E-state index in [2.05, 4.69) is 43.0 Å². The normalized spacial score (nSPS) is 14.6. The lowest BCUT2D eigenvalue weighted by Gasteiger charge is -2.26. The molecule has 0 aliphatic carbocycles. The number of nitrogen functional groups attached to an aromatic ring is 1. The Labute approximate surface area is 193 Å². The van der Waals surface area contributed by atoms with E-state index < -0.39 is 0 Å². The summed E-state index contributed by atoms with van der Waals surface area (Å²) in [6.07, 6.45) is 0. The lowest BCUT2D eigenvalue weighted by atomic mass is 9.89. The summed E-state index contributed by atoms with van der Waals surface area (Å²) in [6, 6.07) is 19.9. The van der Waals surface area contributed by atoms with Gasteiger partial charge in [-0.3, -0.25) is 4.90 Å². The lowest BCUT2D eigenvalue weighted by molar-refractivity contribution is 0.0342. The molecule has 33 heavy (non-hydrogen) atoms. The van der Waals surface area contributed by atoms with Crippen molar-refractivity contribution in [2.45, 2.75) is 20.4 Å². The number of ether oxygens (including phenoxy) is 1. The molecule has 2 heterocycles. The third kappa shape index (κ3) is 4.30. The predicted molar refractivity (Wildman–Crippen MR) is 133 cm³/mol. The number of benzene rings is 3. The minimum atomic E-state index is -0.362. The number of nitrogens with zero attached hydrogens (tertiary/aromatic N) is 1. The molecule has 5 nitrogen and oxygen atoms in total. The summed E-state index contributed by atoms with van der Waals surface area (Å²) in [4.78, 5) is 14.8. The maximum atomic E-state index is 12.3. The fraction of sp³-hybridized carbons (Fsp3) is 0.250. The van der Waals surface area contributed by atoms with Crippen molar-refractivity contribution in [3.05, 3.63) is 87.8 Å². The molecule has 2 N–H and O–H groups in total. The fourth-order valence-corrected chi connectivity index (χ4v) is 4.86. The highest BCUT2D eigenvalue weighted by molar-refractivity contribution is 6.00. The van der Waals surface area contributed by atoms with Gasteiger partial charge in [0.2, 0.25) is 0 Å². The zero-order chi connectivity index (χ0) is 22.9. The topological polar surface area (TPSA) is 68.7 Å². The van der Waals surface area contributed by atoms with Gasteiger partial charge in [-0.25, -0.2) is 4.79 Å². The maximum Gasteiger partial charge on any atom is 0.336 e. The molecule has 5 heteroatoms. The SMILES string of the molecule is Cc1cc2oc(=O)cc(-c3cccc(N)c3)c2c(C)c1-c1ccc(CN2CCOCC2)cc1. The van der Waals surface area contributed by atoms with Crippen molar-refractivity contribution < 1.29 is 9.15 Å². The molecule has 0 spiro atoms. The van der Waals surface area contributed by atoms with Crippen molar-refractivity contribution in [3.8, 4) is 22.3 Å². The Morgan fingerprint density at radius 2 is 1.70 bits per heavy atom. The molecule has 4 aromatic rings. The predicted octanol–water partition coefficient (Wildman–Crippen LogP) is 5.16. The quantitative estimate of drug-likeness (QED) is 0.351. The Morgan fingerprint density at radius 3 is 2.42 bits per heavy atom. The zero-order valence-corrected chi connectivity index (χ0v) is 19.1. The minimum Gasteiger partial charge on any atom is -0.423 e. The highest BCUT2D eigenvalue weighted by atomic mass is 16.5. The molecule has 3 aromatic carbocycles. The van der Waals surface area contributed by atoms with Crippen molar-refractivity contribution in [3.63, 3.8) is 0 Å². The van der Waals surface area contributed by atoms with Crippen molar-refractivity contribution in [2.24, 2.45) is 0 Å². The monoisotopic (exact) mass is 440 g/mol. The molecule has 0 bridgehead atoms. The first-order chi connectivity index (χ1) is 16.0. The van der Waals surface area contributed by atoms with Gasteiger partial charge in [-0.05, 0) is 65.4 Å². The molecule has 1 saturated heterocycles. The Hall–Kier alpha value is -3.41. The molecule has 168 valence electrons. The first kappa shape index (κ1) is 21.4. The maximum absolute atomic E-state index is 12.3. The lowest BCUT2D eigenvalue weighted by Crippen LogP contribution is -2.35. The van der Waals surface area contributed by atoms with Gasteiger partial charge in [0, 0.05) is 42.3 Å². The first-order valence-electron chi connectivity index (χ1n) is 11.3. The summed E-state index contributed by atoms with van der Waals surface area (Å²) < 4.78 is 11.1. The van der Waals surface area contributed by atoms with Crippen LogP contribution in [0.4, 0.5) is 5.69 Å². The molecule has 0 saturated carbocycles. The number of hydrogen-bond donors (Lipinski definition) is 1. The second kappa shape index (κ2) is 8.85. The Bertz CT molecular complexity index is 1370. The van der Waals surface area contributed by atoms with Crippen LogP contribution in [0.2, 0.25) is 0 Å². The number of hydrogen-bond acceptors (Lipinski definition) is 5. The minimum absolute atomic E-state index is 0.362. The largest absolute Gasteiger partial charge is 0.423 e. The Kier molecular flexibility index (Phi) is 5.75. The first-order valence-corrected chi connectivity index (χ1v) is 11.3. The van der Waals surface area contributed by atoms with E-state index in [9.17, 15) is 4.79 Å². The van der Waals surface area contributed by atoms with Gasteiger partial charge in [0.25, 0.3) is 0 Å². The van der Waals surface area contributed by atoms with Crippen molar-refractivity contribution >= 4 is 16.7 Å². The molecule has 0 radical (unpaired) electrons. The van der Waals surface area contributed by atoms with Gasteiger partial charge >= 0.3 is 5.63 Å². The molecule has 1 aliphatic heterocycles. The Balaban J connectivity index is 1.59. The smallest absolute Gasteiger partial charge is 0.336 e. The molecule has 1 aromatic heterocycles. The molecule has 0 unspecified atom stereocenters. The second-order valence-corrected chi connectivity index (χ2v) is 8.76. The molecular formula is C28H28N2O3. The van der Waals surface area contributed by atoms with Crippen LogP contribution in [-0.4, -0.2) is 31.2 Å². The standard InChI is InChI=1S/C28H28N2O3/c1-18-14-25-28(24(16-26(31)33-25)22-4-3-5-23(29)15-22)19(2)27(18)21-8-6-20(7-9-21)17-30-10-12-32-13-11-30/h3-9,14-16H,10-13,17,29H2,1-2H3. The van der Waals surface area contributed by atoms with E-state index in [0.29, 0.717) is 11.3 Å². The summed E-state index contributed by atoms with van der Waals surface area (Å²) >= 11 is 0. The van der Waals surface area contributed by atoms with Crippen molar-refractivity contribution in [2.75, 3.05) is 32.0 Å². The number of aryl methyl sites for hydroxylation is 2. The summed E-state index contributed by atoms with van der Waals surface area (Å²) in [5.41, 5.74) is 14.5. The van der Waals surface area contributed by atoms with Gasteiger partial charge in [0.1, 0.15) is 5.58 Å². The molecule has 1 fully saturated rings. The van der Waals surface area contributed by atoms with Crippen LogP contribution in [0.3, 0.4) is 0 Å². The molecule has 0 atom stereocenters. The van der Waals surface area contributed by atoms with Crippen LogP contribution in [0.15, 0.2) is 69.9 Å². The Morgan fingerprint density at radius 1 is 0.939 bits per heavy atom. The average Bonchev–Trinajstić information content (AvgIpc) is 2.80. The number of rotatable bonds is 4. The molecule has 0 amide bonds. The van der Waals surface area contributed by atoms with Crippen molar-refractivity contribution in [1.82, 2.24) is 4.90 Å².